The van der Waals surface area contributed by atoms with Crippen LogP contribution in [0.15, 0.2) is 35.2 Å². The van der Waals surface area contributed by atoms with Crippen molar-refractivity contribution in [3.8, 4) is 0 Å². The van der Waals surface area contributed by atoms with Crippen LogP contribution in [-0.2, 0) is 9.53 Å². The first-order valence-corrected chi connectivity index (χ1v) is 5.33. The van der Waals surface area contributed by atoms with Gasteiger partial charge >= 0.3 is 0 Å². The molecule has 1 unspecified atom stereocenters. The highest BCUT2D eigenvalue weighted by Crippen LogP contribution is 2.23. The molecule has 0 aliphatic rings. The van der Waals surface area contributed by atoms with Gasteiger partial charge in [0.1, 0.15) is 5.78 Å². The maximum Gasteiger partial charge on any atom is 0.145 e. The maximum absolute atomic E-state index is 11.2. The number of ketones is 1. The highest BCUT2D eigenvalue weighted by atomic mass is 32.2. The predicted molar refractivity (Wildman–Crippen MR) is 58.6 cm³/mol. The fourth-order valence-corrected chi connectivity index (χ4v) is 2.06. The minimum absolute atomic E-state index is 0.0950. The molecule has 0 heterocycles. The quantitative estimate of drug-likeness (QED) is 0.698. The summed E-state index contributed by atoms with van der Waals surface area (Å²) in [6.07, 6.45) is 0. The Bertz CT molecular complexity index is 285. The molecule has 0 radical (unpaired) electrons. The zero-order chi connectivity index (χ0) is 10.4. The van der Waals surface area contributed by atoms with Gasteiger partial charge in [-0.15, -0.1) is 11.8 Å². The number of benzene rings is 1. The van der Waals surface area contributed by atoms with E-state index < -0.39 is 0 Å². The molecule has 1 atom stereocenters. The average Bonchev–Trinajstić information content (AvgIpc) is 2.18. The molecule has 0 aliphatic carbocycles. The lowest BCUT2D eigenvalue weighted by molar-refractivity contribution is -0.117. The fraction of sp³-hybridized carbons (Fsp3) is 0.364. The van der Waals surface area contributed by atoms with Crippen LogP contribution in [0.5, 0.6) is 0 Å². The van der Waals surface area contributed by atoms with Crippen LogP contribution in [0.25, 0.3) is 0 Å². The Hall–Kier alpha value is -0.800. The van der Waals surface area contributed by atoms with Gasteiger partial charge in [-0.25, -0.2) is 0 Å². The van der Waals surface area contributed by atoms with E-state index in [-0.39, 0.29) is 11.0 Å². The van der Waals surface area contributed by atoms with Crippen molar-refractivity contribution in [3.63, 3.8) is 0 Å². The normalized spacial score (nSPS) is 12.4. The molecular weight excluding hydrogens is 196 g/mol. The first-order valence-electron chi connectivity index (χ1n) is 4.45. The van der Waals surface area contributed by atoms with Crippen LogP contribution in [0.2, 0.25) is 0 Å². The first-order chi connectivity index (χ1) is 6.74. The number of thioether (sulfide) groups is 1. The third-order valence-electron chi connectivity index (χ3n) is 1.79. The average molecular weight is 210 g/mol. The molecular formula is C11H14O2S. The molecule has 0 aliphatic heterocycles. The molecule has 1 rings (SSSR count). The zero-order valence-electron chi connectivity index (χ0n) is 8.40. The van der Waals surface area contributed by atoms with Crippen molar-refractivity contribution in [1.82, 2.24) is 0 Å². The summed E-state index contributed by atoms with van der Waals surface area (Å²) in [6.45, 7) is 2.06. The Balaban J connectivity index is 2.60. The second-order valence-corrected chi connectivity index (χ2v) is 4.26. The Morgan fingerprint density at radius 2 is 2.07 bits per heavy atom. The molecule has 0 aromatic heterocycles. The third kappa shape index (κ3) is 3.52. The van der Waals surface area contributed by atoms with Gasteiger partial charge in [-0.1, -0.05) is 18.2 Å². The van der Waals surface area contributed by atoms with Gasteiger partial charge in [-0.2, -0.15) is 0 Å². The standard InChI is InChI=1S/C11H14O2S/c1-9(12)11(8-13-2)14-10-6-4-3-5-7-10/h3-7,11H,8H2,1-2H3. The first kappa shape index (κ1) is 11.3. The Morgan fingerprint density at radius 3 is 2.57 bits per heavy atom. The molecule has 1 aromatic carbocycles. The number of methoxy groups -OCH3 is 1. The highest BCUT2D eigenvalue weighted by Gasteiger charge is 2.14. The van der Waals surface area contributed by atoms with Gasteiger partial charge in [-0.05, 0) is 19.1 Å². The van der Waals surface area contributed by atoms with Gasteiger partial charge in [0.15, 0.2) is 0 Å². The maximum atomic E-state index is 11.2. The van der Waals surface area contributed by atoms with E-state index in [4.69, 9.17) is 4.74 Å². The number of rotatable bonds is 5. The van der Waals surface area contributed by atoms with Crippen molar-refractivity contribution < 1.29 is 9.53 Å². The summed E-state index contributed by atoms with van der Waals surface area (Å²) in [5.41, 5.74) is 0. The van der Waals surface area contributed by atoms with E-state index in [9.17, 15) is 4.79 Å². The van der Waals surface area contributed by atoms with Crippen LogP contribution in [0.4, 0.5) is 0 Å². The van der Waals surface area contributed by atoms with E-state index in [0.29, 0.717) is 6.61 Å². The summed E-state index contributed by atoms with van der Waals surface area (Å²) in [5, 5.41) is -0.0950. The summed E-state index contributed by atoms with van der Waals surface area (Å²) >= 11 is 1.55. The van der Waals surface area contributed by atoms with Gasteiger partial charge in [0.05, 0.1) is 11.9 Å². The van der Waals surface area contributed by atoms with Gasteiger partial charge in [0.2, 0.25) is 0 Å². The molecule has 0 fully saturated rings. The van der Waals surface area contributed by atoms with E-state index >= 15 is 0 Å². The minimum atomic E-state index is -0.0950. The van der Waals surface area contributed by atoms with E-state index in [1.807, 2.05) is 30.3 Å². The smallest absolute Gasteiger partial charge is 0.145 e. The molecule has 0 N–H and O–H groups in total. The van der Waals surface area contributed by atoms with Gasteiger partial charge in [0, 0.05) is 12.0 Å². The predicted octanol–water partition coefficient (Wildman–Crippen LogP) is 2.38. The Labute approximate surface area is 88.7 Å². The lowest BCUT2D eigenvalue weighted by Gasteiger charge is -2.11. The van der Waals surface area contributed by atoms with Crippen LogP contribution in [0.3, 0.4) is 0 Å². The number of hydrogen-bond donors (Lipinski definition) is 0. The van der Waals surface area contributed by atoms with Crippen LogP contribution in [0, 0.1) is 0 Å². The van der Waals surface area contributed by atoms with E-state index in [0.717, 1.165) is 4.90 Å². The lowest BCUT2D eigenvalue weighted by Crippen LogP contribution is -2.19. The van der Waals surface area contributed by atoms with E-state index in [2.05, 4.69) is 0 Å². The molecule has 14 heavy (non-hydrogen) atoms. The van der Waals surface area contributed by atoms with Gasteiger partial charge < -0.3 is 4.74 Å². The van der Waals surface area contributed by atoms with Crippen molar-refractivity contribution in [2.75, 3.05) is 13.7 Å². The Morgan fingerprint density at radius 1 is 1.43 bits per heavy atom. The molecule has 0 amide bonds. The monoisotopic (exact) mass is 210 g/mol. The molecule has 0 bridgehead atoms. The van der Waals surface area contributed by atoms with Crippen molar-refractivity contribution >= 4 is 17.5 Å². The van der Waals surface area contributed by atoms with E-state index in [1.165, 1.54) is 0 Å². The number of carbonyl (C=O) groups is 1. The van der Waals surface area contributed by atoms with Crippen LogP contribution < -0.4 is 0 Å². The number of hydrogen-bond acceptors (Lipinski definition) is 3. The molecule has 3 heteroatoms. The summed E-state index contributed by atoms with van der Waals surface area (Å²) in [4.78, 5) is 12.3. The van der Waals surface area contributed by atoms with E-state index in [1.54, 1.807) is 25.8 Å². The molecule has 0 saturated carbocycles. The molecule has 0 spiro atoms. The van der Waals surface area contributed by atoms with Crippen molar-refractivity contribution in [3.05, 3.63) is 30.3 Å². The van der Waals surface area contributed by atoms with Crippen molar-refractivity contribution in [2.45, 2.75) is 17.1 Å². The topological polar surface area (TPSA) is 26.3 Å². The second kappa shape index (κ2) is 5.83. The number of carbonyl (C=O) groups excluding carboxylic acids is 1. The van der Waals surface area contributed by atoms with Crippen molar-refractivity contribution in [1.29, 1.82) is 0 Å². The summed E-state index contributed by atoms with van der Waals surface area (Å²) in [5.74, 6) is 0.153. The lowest BCUT2D eigenvalue weighted by atomic mass is 10.3. The number of Topliss-reactive ketones (excluding diaryl/α,β-unsaturated/α-hetero) is 1. The zero-order valence-corrected chi connectivity index (χ0v) is 9.21. The largest absolute Gasteiger partial charge is 0.383 e. The van der Waals surface area contributed by atoms with Gasteiger partial charge in [-0.3, -0.25) is 4.79 Å². The SMILES string of the molecule is COCC(Sc1ccccc1)C(C)=O. The highest BCUT2D eigenvalue weighted by molar-refractivity contribution is 8.00. The van der Waals surface area contributed by atoms with Gasteiger partial charge in [0.25, 0.3) is 0 Å². The molecule has 0 saturated heterocycles. The Kier molecular flexibility index (Phi) is 4.70. The third-order valence-corrected chi connectivity index (χ3v) is 3.09. The summed E-state index contributed by atoms with van der Waals surface area (Å²) in [7, 11) is 1.61. The molecule has 1 aromatic rings. The van der Waals surface area contributed by atoms with Crippen LogP contribution in [0.1, 0.15) is 6.92 Å². The summed E-state index contributed by atoms with van der Waals surface area (Å²) < 4.78 is 5.00. The van der Waals surface area contributed by atoms with Crippen LogP contribution >= 0.6 is 11.8 Å². The summed E-state index contributed by atoms with van der Waals surface area (Å²) in [6, 6.07) is 9.88. The molecule has 2 nitrogen and oxygen atoms in total. The number of ether oxygens (including phenoxy) is 1. The van der Waals surface area contributed by atoms with Crippen molar-refractivity contribution in [2.24, 2.45) is 0 Å². The van der Waals surface area contributed by atoms with Crippen LogP contribution in [-0.4, -0.2) is 24.7 Å². The fourth-order valence-electron chi connectivity index (χ4n) is 1.05. The minimum Gasteiger partial charge on any atom is -0.383 e. The second-order valence-electron chi connectivity index (χ2n) is 2.99. The molecule has 76 valence electrons.